The van der Waals surface area contributed by atoms with Crippen molar-refractivity contribution < 1.29 is 4.39 Å². The summed E-state index contributed by atoms with van der Waals surface area (Å²) in [5.74, 6) is -0.186. The lowest BCUT2D eigenvalue weighted by Crippen LogP contribution is -2.22. The molecule has 7 heteroatoms. The third-order valence-corrected chi connectivity index (χ3v) is 4.47. The number of rotatable bonds is 4. The average Bonchev–Trinajstić information content (AvgIpc) is 2.73. The van der Waals surface area contributed by atoms with Crippen molar-refractivity contribution in [3.05, 3.63) is 82.9 Å². The van der Waals surface area contributed by atoms with Gasteiger partial charge in [0.05, 0.1) is 0 Å². The fraction of sp³-hybridized carbons (Fsp3) is 0.318. The standard InChI is InChI=1S/C16H15FN4O.C6H13N/c1-3-13(17)16(20-11(2)18)12-7-8-19-14(10-12)21-9-5-4-6-15(21)22;7-6-4-2-1-3-5-6/h3-10H,2,18H2,1H3;6H,1-5,7H2/b13-3+,20-16-;. The highest BCUT2D eigenvalue weighted by Crippen LogP contribution is 2.15. The van der Waals surface area contributed by atoms with Gasteiger partial charge in [-0.15, -0.1) is 0 Å². The first-order valence-electron chi connectivity index (χ1n) is 9.67. The number of aliphatic imine (C=N–C) groups is 1. The molecule has 0 amide bonds. The summed E-state index contributed by atoms with van der Waals surface area (Å²) in [6, 6.07) is 8.44. The maximum Gasteiger partial charge on any atom is 0.256 e. The lowest BCUT2D eigenvalue weighted by molar-refractivity contribution is 0.441. The molecule has 0 unspecified atom stereocenters. The molecule has 154 valence electrons. The minimum absolute atomic E-state index is 0.0118. The Labute approximate surface area is 170 Å². The van der Waals surface area contributed by atoms with Gasteiger partial charge in [-0.25, -0.2) is 14.4 Å². The third-order valence-electron chi connectivity index (χ3n) is 4.47. The minimum atomic E-state index is -0.538. The van der Waals surface area contributed by atoms with Gasteiger partial charge in [-0.2, -0.15) is 0 Å². The normalized spacial score (nSPS) is 15.4. The van der Waals surface area contributed by atoms with Crippen molar-refractivity contribution in [1.82, 2.24) is 9.55 Å². The quantitative estimate of drug-likeness (QED) is 0.770. The summed E-state index contributed by atoms with van der Waals surface area (Å²) in [6.07, 6.45) is 11.0. The molecule has 0 spiro atoms. The minimum Gasteiger partial charge on any atom is -0.384 e. The van der Waals surface area contributed by atoms with Crippen LogP contribution in [0.5, 0.6) is 0 Å². The molecular weight excluding hydrogens is 369 g/mol. The van der Waals surface area contributed by atoms with Gasteiger partial charge in [0, 0.05) is 30.1 Å². The largest absolute Gasteiger partial charge is 0.384 e. The second-order valence-corrected chi connectivity index (χ2v) is 6.80. The molecule has 0 saturated heterocycles. The van der Waals surface area contributed by atoms with Crippen LogP contribution in [0.3, 0.4) is 0 Å². The van der Waals surface area contributed by atoms with E-state index in [1.807, 2.05) is 0 Å². The van der Waals surface area contributed by atoms with Crippen LogP contribution in [0.15, 0.2) is 76.8 Å². The second kappa shape index (κ2) is 11.1. The number of allylic oxidation sites excluding steroid dienone is 2. The molecule has 1 aliphatic carbocycles. The van der Waals surface area contributed by atoms with Gasteiger partial charge >= 0.3 is 0 Å². The van der Waals surface area contributed by atoms with Crippen LogP contribution in [0, 0.1) is 0 Å². The summed E-state index contributed by atoms with van der Waals surface area (Å²) in [5, 5.41) is 0. The zero-order valence-corrected chi connectivity index (χ0v) is 16.7. The van der Waals surface area contributed by atoms with E-state index in [4.69, 9.17) is 11.5 Å². The first-order chi connectivity index (χ1) is 13.9. The molecule has 3 rings (SSSR count). The molecule has 29 heavy (non-hydrogen) atoms. The summed E-state index contributed by atoms with van der Waals surface area (Å²) in [4.78, 5) is 19.9. The lowest BCUT2D eigenvalue weighted by atomic mass is 9.97. The number of hydrogen-bond donors (Lipinski definition) is 2. The summed E-state index contributed by atoms with van der Waals surface area (Å²) >= 11 is 0. The SMILES string of the molecule is C=C(N)/N=C(\C(F)=C/C)c1ccnc(-n2ccccc2=O)c1.NC1CCCCC1. The third kappa shape index (κ3) is 6.80. The Kier molecular flexibility index (Phi) is 8.48. The highest BCUT2D eigenvalue weighted by atomic mass is 19.1. The average molecular weight is 397 g/mol. The number of aromatic nitrogens is 2. The molecule has 2 aromatic heterocycles. The topological polar surface area (TPSA) is 99.3 Å². The van der Waals surface area contributed by atoms with E-state index in [0.717, 1.165) is 0 Å². The monoisotopic (exact) mass is 397 g/mol. The zero-order valence-electron chi connectivity index (χ0n) is 16.7. The Balaban J connectivity index is 0.000000360. The van der Waals surface area contributed by atoms with Crippen molar-refractivity contribution in [3.63, 3.8) is 0 Å². The number of nitrogens with zero attached hydrogens (tertiary/aromatic N) is 3. The van der Waals surface area contributed by atoms with Crippen LogP contribution < -0.4 is 17.0 Å². The lowest BCUT2D eigenvalue weighted by Gasteiger charge is -2.15. The van der Waals surface area contributed by atoms with Crippen molar-refractivity contribution in [2.24, 2.45) is 16.5 Å². The van der Waals surface area contributed by atoms with Crippen LogP contribution in [0.2, 0.25) is 0 Å². The van der Waals surface area contributed by atoms with Crippen molar-refractivity contribution >= 4 is 5.71 Å². The van der Waals surface area contributed by atoms with Gasteiger partial charge in [0.25, 0.3) is 5.56 Å². The van der Waals surface area contributed by atoms with Crippen LogP contribution in [0.25, 0.3) is 5.82 Å². The number of pyridine rings is 2. The Morgan fingerprint density at radius 1 is 1.31 bits per heavy atom. The molecule has 0 atom stereocenters. The Bertz CT molecular complexity index is 942. The van der Waals surface area contributed by atoms with Gasteiger partial charge in [0.15, 0.2) is 0 Å². The summed E-state index contributed by atoms with van der Waals surface area (Å²) in [6.45, 7) is 5.01. The second-order valence-electron chi connectivity index (χ2n) is 6.80. The zero-order chi connectivity index (χ0) is 21.2. The first kappa shape index (κ1) is 22.2. The molecule has 1 aliphatic rings. The highest BCUT2D eigenvalue weighted by Gasteiger charge is 2.11. The van der Waals surface area contributed by atoms with Crippen LogP contribution in [-0.2, 0) is 0 Å². The Morgan fingerprint density at radius 2 is 2.03 bits per heavy atom. The van der Waals surface area contributed by atoms with Gasteiger partial charge in [-0.1, -0.05) is 31.9 Å². The molecule has 0 aromatic carbocycles. The van der Waals surface area contributed by atoms with E-state index < -0.39 is 5.83 Å². The van der Waals surface area contributed by atoms with Gasteiger partial charge in [-0.3, -0.25) is 9.36 Å². The molecule has 1 saturated carbocycles. The molecule has 4 N–H and O–H groups in total. The van der Waals surface area contributed by atoms with Crippen LogP contribution in [0.4, 0.5) is 4.39 Å². The van der Waals surface area contributed by atoms with E-state index in [0.29, 0.717) is 17.4 Å². The van der Waals surface area contributed by atoms with Crippen LogP contribution >= 0.6 is 0 Å². The molecule has 0 bridgehead atoms. The van der Waals surface area contributed by atoms with Crippen molar-refractivity contribution in [2.75, 3.05) is 0 Å². The van der Waals surface area contributed by atoms with E-state index in [9.17, 15) is 9.18 Å². The predicted molar refractivity (Wildman–Crippen MR) is 116 cm³/mol. The molecular formula is C22H28FN5O. The van der Waals surface area contributed by atoms with E-state index in [1.165, 1.54) is 55.0 Å². The molecule has 6 nitrogen and oxygen atoms in total. The van der Waals surface area contributed by atoms with E-state index in [2.05, 4.69) is 16.6 Å². The molecule has 1 fully saturated rings. The summed E-state index contributed by atoms with van der Waals surface area (Å²) in [5.41, 5.74) is 11.3. The molecule has 0 radical (unpaired) electrons. The summed E-state index contributed by atoms with van der Waals surface area (Å²) in [7, 11) is 0. The fourth-order valence-electron chi connectivity index (χ4n) is 2.98. The Hall–Kier alpha value is -3.06. The fourth-order valence-corrected chi connectivity index (χ4v) is 2.98. The van der Waals surface area contributed by atoms with Crippen LogP contribution in [0.1, 0.15) is 44.6 Å². The first-order valence-corrected chi connectivity index (χ1v) is 9.67. The van der Waals surface area contributed by atoms with E-state index in [-0.39, 0.29) is 17.1 Å². The van der Waals surface area contributed by atoms with Crippen molar-refractivity contribution in [2.45, 2.75) is 45.1 Å². The number of halogens is 1. The number of hydrogen-bond acceptors (Lipinski definition) is 5. The predicted octanol–water partition coefficient (Wildman–Crippen LogP) is 3.60. The molecule has 2 heterocycles. The maximum absolute atomic E-state index is 14.0. The van der Waals surface area contributed by atoms with E-state index in [1.54, 1.807) is 37.4 Å². The molecule has 2 aromatic rings. The smallest absolute Gasteiger partial charge is 0.256 e. The number of nitrogens with two attached hydrogens (primary N) is 2. The highest BCUT2D eigenvalue weighted by molar-refractivity contribution is 6.11. The van der Waals surface area contributed by atoms with Gasteiger partial charge < -0.3 is 11.5 Å². The Morgan fingerprint density at radius 3 is 2.59 bits per heavy atom. The maximum atomic E-state index is 14.0. The van der Waals surface area contributed by atoms with Crippen molar-refractivity contribution in [1.29, 1.82) is 0 Å². The summed E-state index contributed by atoms with van der Waals surface area (Å²) < 4.78 is 15.4. The van der Waals surface area contributed by atoms with E-state index >= 15 is 0 Å². The van der Waals surface area contributed by atoms with Gasteiger partial charge in [0.1, 0.15) is 23.2 Å². The van der Waals surface area contributed by atoms with Gasteiger partial charge in [0.2, 0.25) is 0 Å². The van der Waals surface area contributed by atoms with Crippen LogP contribution in [-0.4, -0.2) is 21.3 Å². The van der Waals surface area contributed by atoms with Gasteiger partial charge in [-0.05, 0) is 44.0 Å². The van der Waals surface area contributed by atoms with Crippen molar-refractivity contribution in [3.8, 4) is 5.82 Å². The molecule has 0 aliphatic heterocycles.